The van der Waals surface area contributed by atoms with Gasteiger partial charge in [0.2, 0.25) is 0 Å². The molecule has 8 aliphatic carbocycles. The van der Waals surface area contributed by atoms with E-state index < -0.39 is 11.2 Å². The lowest BCUT2D eigenvalue weighted by Gasteiger charge is -2.61. The Hall–Kier alpha value is -0.600. The largest absolute Gasteiger partial charge is 0.393 e. The van der Waals surface area contributed by atoms with Crippen LogP contribution in [0, 0.1) is 80.8 Å². The van der Waals surface area contributed by atoms with Crippen molar-refractivity contribution in [3.63, 3.8) is 0 Å². The number of aliphatic hydroxyl groups excluding tert-OH is 2. The highest BCUT2D eigenvalue weighted by molar-refractivity contribution is 5.26. The third-order valence-electron chi connectivity index (χ3n) is 17.9. The zero-order valence-corrected chi connectivity index (χ0v) is 28.3. The fourth-order valence-electron chi connectivity index (χ4n) is 14.9. The lowest BCUT2D eigenvalue weighted by atomic mass is 9.44. The summed E-state index contributed by atoms with van der Waals surface area (Å²) < 4.78 is 0. The minimum Gasteiger partial charge on any atom is -0.393 e. The summed E-state index contributed by atoms with van der Waals surface area (Å²) in [6.07, 6.45) is 18.8. The van der Waals surface area contributed by atoms with Crippen LogP contribution in [0.25, 0.3) is 0 Å². The van der Waals surface area contributed by atoms with Crippen LogP contribution in [-0.4, -0.2) is 43.8 Å². The molecule has 0 aliphatic heterocycles. The van der Waals surface area contributed by atoms with Gasteiger partial charge in [0.1, 0.15) is 11.2 Å². The van der Waals surface area contributed by atoms with Gasteiger partial charge in [0.05, 0.1) is 12.2 Å². The topological polar surface area (TPSA) is 80.9 Å². The van der Waals surface area contributed by atoms with Crippen LogP contribution < -0.4 is 0 Å². The van der Waals surface area contributed by atoms with Crippen molar-refractivity contribution in [1.29, 1.82) is 0 Å². The van der Waals surface area contributed by atoms with Gasteiger partial charge in [-0.1, -0.05) is 39.5 Å². The van der Waals surface area contributed by atoms with Crippen molar-refractivity contribution in [1.82, 2.24) is 0 Å². The summed E-state index contributed by atoms with van der Waals surface area (Å²) in [4.78, 5) is 0. The zero-order chi connectivity index (χ0) is 30.9. The Bertz CT molecular complexity index is 1130. The minimum atomic E-state index is -0.977. The van der Waals surface area contributed by atoms with Gasteiger partial charge in [-0.2, -0.15) is 0 Å². The minimum absolute atomic E-state index is 0.118. The molecule has 8 saturated carbocycles. The van der Waals surface area contributed by atoms with Crippen LogP contribution in [0.1, 0.15) is 143 Å². The van der Waals surface area contributed by atoms with Crippen LogP contribution in [0.5, 0.6) is 0 Å². The first kappa shape index (κ1) is 30.7. The van der Waals surface area contributed by atoms with Crippen molar-refractivity contribution in [2.24, 2.45) is 69.0 Å². The fraction of sp³-hybridized carbons (Fsp3) is 0.950. The average molecular weight is 607 g/mol. The van der Waals surface area contributed by atoms with E-state index in [4.69, 9.17) is 0 Å². The number of hydrogen-bond donors (Lipinski definition) is 4. The van der Waals surface area contributed by atoms with Gasteiger partial charge in [-0.15, -0.1) is 0 Å². The van der Waals surface area contributed by atoms with Crippen molar-refractivity contribution in [3.05, 3.63) is 0 Å². The molecule has 8 fully saturated rings. The van der Waals surface area contributed by atoms with Gasteiger partial charge in [0.15, 0.2) is 0 Å². The lowest BCUT2D eigenvalue weighted by molar-refractivity contribution is -0.145. The van der Waals surface area contributed by atoms with E-state index in [2.05, 4.69) is 39.5 Å². The molecule has 0 aromatic rings. The maximum atomic E-state index is 11.9. The van der Waals surface area contributed by atoms with Crippen LogP contribution in [0.3, 0.4) is 0 Å². The summed E-state index contributed by atoms with van der Waals surface area (Å²) in [5, 5.41) is 45.5. The molecule has 0 spiro atoms. The molecule has 246 valence electrons. The molecule has 0 aromatic carbocycles. The fourth-order valence-corrected chi connectivity index (χ4v) is 14.9. The highest BCUT2D eigenvalue weighted by Crippen LogP contribution is 2.68. The van der Waals surface area contributed by atoms with Crippen molar-refractivity contribution < 1.29 is 20.4 Å². The van der Waals surface area contributed by atoms with E-state index in [9.17, 15) is 20.4 Å². The van der Waals surface area contributed by atoms with Crippen LogP contribution >= 0.6 is 0 Å². The Morgan fingerprint density at radius 2 is 0.818 bits per heavy atom. The van der Waals surface area contributed by atoms with Gasteiger partial charge < -0.3 is 20.4 Å². The first-order valence-corrected chi connectivity index (χ1v) is 19.1. The van der Waals surface area contributed by atoms with E-state index in [0.29, 0.717) is 35.5 Å². The van der Waals surface area contributed by atoms with Crippen LogP contribution in [0.2, 0.25) is 0 Å². The monoisotopic (exact) mass is 606 g/mol. The smallest absolute Gasteiger partial charge is 0.125 e. The van der Waals surface area contributed by atoms with Gasteiger partial charge in [-0.3, -0.25) is 0 Å². The maximum Gasteiger partial charge on any atom is 0.125 e. The molecular formula is C40H62O4. The maximum absolute atomic E-state index is 11.9. The molecule has 4 N–H and O–H groups in total. The summed E-state index contributed by atoms with van der Waals surface area (Å²) >= 11 is 0. The molecule has 8 aliphatic rings. The summed E-state index contributed by atoms with van der Waals surface area (Å²) in [6.45, 7) is 9.79. The molecule has 4 nitrogen and oxygen atoms in total. The quantitative estimate of drug-likeness (QED) is 0.219. The highest BCUT2D eigenvalue weighted by Gasteiger charge is 2.63. The van der Waals surface area contributed by atoms with Gasteiger partial charge >= 0.3 is 0 Å². The first-order valence-electron chi connectivity index (χ1n) is 19.1. The molecule has 0 unspecified atom stereocenters. The molecule has 16 atom stereocenters. The van der Waals surface area contributed by atoms with Gasteiger partial charge in [0, 0.05) is 0 Å². The molecule has 4 heteroatoms. The molecule has 44 heavy (non-hydrogen) atoms. The number of hydrogen-bond acceptors (Lipinski definition) is 4. The third-order valence-corrected chi connectivity index (χ3v) is 17.9. The van der Waals surface area contributed by atoms with E-state index in [1.165, 1.54) is 51.4 Å². The van der Waals surface area contributed by atoms with Gasteiger partial charge in [0.25, 0.3) is 0 Å². The molecule has 0 heterocycles. The van der Waals surface area contributed by atoms with Gasteiger partial charge in [-0.05, 0) is 185 Å². The molecule has 0 bridgehead atoms. The molecule has 0 amide bonds. The molecular weight excluding hydrogens is 544 g/mol. The van der Waals surface area contributed by atoms with E-state index in [1.807, 2.05) is 0 Å². The standard InChI is InChI=1S/C40H62O4/c1-35-17-19-39(43,23-25(35)5-7-27-29-9-11-33(41)37(29,3)15-13-31(27)35)21-22-40(44)20-18-36(2)26(24-40)6-8-28-30-10-12-34(42)38(30,4)16-14-32(28)36/h25-34,41-44H,5-20,23-24H2,1-4H3/t25-,26-,27-,28+,29+,30+,31-,32-,33-,34-,35-,36-,37-,38-,39+,40+/m0/s1. The Morgan fingerprint density at radius 1 is 0.432 bits per heavy atom. The second-order valence-corrected chi connectivity index (χ2v) is 19.3. The Balaban J connectivity index is 0.951. The van der Waals surface area contributed by atoms with Crippen LogP contribution in [-0.2, 0) is 0 Å². The van der Waals surface area contributed by atoms with E-state index in [1.54, 1.807) is 0 Å². The van der Waals surface area contributed by atoms with Crippen molar-refractivity contribution >= 4 is 0 Å². The Kier molecular flexibility index (Phi) is 6.96. The Morgan fingerprint density at radius 3 is 1.23 bits per heavy atom. The predicted molar refractivity (Wildman–Crippen MR) is 173 cm³/mol. The second-order valence-electron chi connectivity index (χ2n) is 19.3. The highest BCUT2D eigenvalue weighted by atomic mass is 16.3. The predicted octanol–water partition coefficient (Wildman–Crippen LogP) is 7.26. The summed E-state index contributed by atoms with van der Waals surface area (Å²) in [7, 11) is 0. The van der Waals surface area contributed by atoms with Gasteiger partial charge in [-0.25, -0.2) is 0 Å². The van der Waals surface area contributed by atoms with Crippen LogP contribution in [0.15, 0.2) is 0 Å². The normalized spacial score (nSPS) is 61.3. The Labute approximate surface area is 267 Å². The third kappa shape index (κ3) is 4.23. The average Bonchev–Trinajstić information content (AvgIpc) is 3.47. The second kappa shape index (κ2) is 9.96. The first-order chi connectivity index (χ1) is 20.7. The molecule has 0 aromatic heterocycles. The number of rotatable bonds is 0. The van der Waals surface area contributed by atoms with E-state index >= 15 is 0 Å². The molecule has 0 radical (unpaired) electrons. The van der Waals surface area contributed by atoms with Crippen molar-refractivity contribution in [3.8, 4) is 11.8 Å². The SMILES string of the molecule is C[C@]12CC[C@H]3[C@H](CC[C@H]4C[C@](O)(C#C[C@]5(O)CC[C@@]6(C)[C@@H](CC[C@H]7[C@H]8CC[C@H](O)[C@@]8(C)CC[C@@H]76)C5)CC[C@@]43C)[C@H]1CC[C@@H]2O. The van der Waals surface area contributed by atoms with Crippen molar-refractivity contribution in [2.75, 3.05) is 0 Å². The summed E-state index contributed by atoms with van der Waals surface area (Å²) in [6, 6.07) is 0. The lowest BCUT2D eigenvalue weighted by Crippen LogP contribution is -2.56. The summed E-state index contributed by atoms with van der Waals surface area (Å²) in [5.74, 6) is 12.0. The van der Waals surface area contributed by atoms with E-state index in [-0.39, 0.29) is 33.9 Å². The summed E-state index contributed by atoms with van der Waals surface area (Å²) in [5.41, 5.74) is -1.19. The molecule has 0 saturated heterocycles. The molecule has 8 rings (SSSR count). The van der Waals surface area contributed by atoms with Crippen molar-refractivity contribution in [2.45, 2.75) is 167 Å². The number of fused-ring (bicyclic) bond motifs is 10. The number of aliphatic hydroxyl groups is 4. The zero-order valence-electron chi connectivity index (χ0n) is 28.3. The van der Waals surface area contributed by atoms with Crippen LogP contribution in [0.4, 0.5) is 0 Å². The van der Waals surface area contributed by atoms with E-state index in [0.717, 1.165) is 76.0 Å².